The fourth-order valence-electron chi connectivity index (χ4n) is 2.24. The summed E-state index contributed by atoms with van der Waals surface area (Å²) in [7, 11) is 4.84. The van der Waals surface area contributed by atoms with Gasteiger partial charge in [0, 0.05) is 19.2 Å². The molecule has 0 saturated carbocycles. The van der Waals surface area contributed by atoms with E-state index in [0.717, 1.165) is 5.56 Å². The summed E-state index contributed by atoms with van der Waals surface area (Å²) >= 11 is 0. The minimum Gasteiger partial charge on any atom is -0.493 e. The molecule has 24 heavy (non-hydrogen) atoms. The molecule has 0 aliphatic rings. The van der Waals surface area contributed by atoms with E-state index in [1.54, 1.807) is 38.3 Å². The highest BCUT2D eigenvalue weighted by Crippen LogP contribution is 2.39. The molecule has 2 rings (SSSR count). The van der Waals surface area contributed by atoms with Crippen LogP contribution in [-0.2, 0) is 6.61 Å². The summed E-state index contributed by atoms with van der Waals surface area (Å²) in [5.74, 6) is 1.33. The molecule has 5 heteroatoms. The Morgan fingerprint density at radius 2 is 1.62 bits per heavy atom. The van der Waals surface area contributed by atoms with Gasteiger partial charge in [0.1, 0.15) is 6.61 Å². The number of hydrogen-bond acceptors (Lipinski definition) is 4. The third-order valence-electron chi connectivity index (χ3n) is 3.75. The first-order valence-corrected chi connectivity index (χ1v) is 7.78. The molecular weight excluding hydrogens is 306 g/mol. The number of amides is 1. The monoisotopic (exact) mass is 329 g/mol. The molecule has 2 aromatic rings. The minimum absolute atomic E-state index is 0.0938. The van der Waals surface area contributed by atoms with Crippen LogP contribution < -0.4 is 14.2 Å². The molecule has 2 aromatic carbocycles. The normalized spacial score (nSPS) is 10.2. The number of carbonyl (C=O) groups excluding carboxylic acids is 1. The van der Waals surface area contributed by atoms with Crippen molar-refractivity contribution in [3.05, 3.63) is 53.6 Å². The van der Waals surface area contributed by atoms with Crippen molar-refractivity contribution in [3.63, 3.8) is 0 Å². The number of hydrogen-bond donors (Lipinski definition) is 0. The molecule has 0 fully saturated rings. The molecule has 5 nitrogen and oxygen atoms in total. The third-order valence-corrected chi connectivity index (χ3v) is 3.75. The van der Waals surface area contributed by atoms with Crippen LogP contribution in [-0.4, -0.2) is 38.6 Å². The van der Waals surface area contributed by atoms with Crippen molar-refractivity contribution in [1.82, 2.24) is 4.90 Å². The second-order valence-electron chi connectivity index (χ2n) is 5.30. The van der Waals surface area contributed by atoms with E-state index in [1.165, 1.54) is 0 Å². The molecule has 0 heterocycles. The number of ether oxygens (including phenoxy) is 3. The Labute approximate surface area is 142 Å². The van der Waals surface area contributed by atoms with Gasteiger partial charge in [-0.2, -0.15) is 0 Å². The lowest BCUT2D eigenvalue weighted by Crippen LogP contribution is -2.26. The van der Waals surface area contributed by atoms with Gasteiger partial charge in [-0.3, -0.25) is 4.79 Å². The lowest BCUT2D eigenvalue weighted by molar-refractivity contribution is 0.0801. The number of rotatable bonds is 7. The minimum atomic E-state index is -0.0938. The number of methoxy groups -OCH3 is 2. The van der Waals surface area contributed by atoms with Crippen LogP contribution in [0.25, 0.3) is 0 Å². The molecule has 0 unspecified atom stereocenters. The number of nitrogens with zero attached hydrogens (tertiary/aromatic N) is 1. The van der Waals surface area contributed by atoms with Gasteiger partial charge in [0.05, 0.1) is 14.2 Å². The maximum Gasteiger partial charge on any atom is 0.253 e. The highest BCUT2D eigenvalue weighted by atomic mass is 16.5. The van der Waals surface area contributed by atoms with Gasteiger partial charge >= 0.3 is 0 Å². The van der Waals surface area contributed by atoms with E-state index in [2.05, 4.69) is 0 Å². The topological polar surface area (TPSA) is 48.0 Å². The molecule has 0 N–H and O–H groups in total. The van der Waals surface area contributed by atoms with Crippen LogP contribution in [0.2, 0.25) is 0 Å². The summed E-state index contributed by atoms with van der Waals surface area (Å²) in [5, 5.41) is 0. The number of carbonyl (C=O) groups is 1. The van der Waals surface area contributed by atoms with Crippen molar-refractivity contribution in [1.29, 1.82) is 0 Å². The lowest BCUT2D eigenvalue weighted by atomic mass is 10.1. The molecule has 0 aliphatic carbocycles. The predicted molar refractivity (Wildman–Crippen MR) is 93.0 cm³/mol. The van der Waals surface area contributed by atoms with E-state index in [4.69, 9.17) is 14.2 Å². The van der Waals surface area contributed by atoms with Crippen LogP contribution in [0.3, 0.4) is 0 Å². The summed E-state index contributed by atoms with van der Waals surface area (Å²) < 4.78 is 16.7. The van der Waals surface area contributed by atoms with Gasteiger partial charge in [-0.05, 0) is 24.6 Å². The SMILES string of the molecule is CCN(C)C(=O)c1cc(OC)c(OCc2ccccc2)c(OC)c1. The Bertz CT molecular complexity index is 660. The average Bonchev–Trinajstić information content (AvgIpc) is 2.65. The van der Waals surface area contributed by atoms with Crippen molar-refractivity contribution >= 4 is 5.91 Å². The van der Waals surface area contributed by atoms with Crippen molar-refractivity contribution in [2.45, 2.75) is 13.5 Å². The van der Waals surface area contributed by atoms with Crippen molar-refractivity contribution < 1.29 is 19.0 Å². The van der Waals surface area contributed by atoms with Gasteiger partial charge in [0.2, 0.25) is 5.75 Å². The molecule has 0 aliphatic heterocycles. The van der Waals surface area contributed by atoms with Crippen molar-refractivity contribution in [3.8, 4) is 17.2 Å². The van der Waals surface area contributed by atoms with Gasteiger partial charge < -0.3 is 19.1 Å². The van der Waals surface area contributed by atoms with Crippen LogP contribution in [0.4, 0.5) is 0 Å². The summed E-state index contributed by atoms with van der Waals surface area (Å²) in [6, 6.07) is 13.2. The zero-order chi connectivity index (χ0) is 17.5. The van der Waals surface area contributed by atoms with Crippen molar-refractivity contribution in [2.24, 2.45) is 0 Å². The van der Waals surface area contributed by atoms with Crippen LogP contribution in [0.5, 0.6) is 17.2 Å². The van der Waals surface area contributed by atoms with Gasteiger partial charge in [0.15, 0.2) is 11.5 Å². The molecule has 0 bridgehead atoms. The highest BCUT2D eigenvalue weighted by Gasteiger charge is 2.19. The molecule has 0 saturated heterocycles. The first-order chi connectivity index (χ1) is 11.6. The first kappa shape index (κ1) is 17.7. The van der Waals surface area contributed by atoms with Crippen LogP contribution >= 0.6 is 0 Å². The zero-order valence-electron chi connectivity index (χ0n) is 14.5. The van der Waals surface area contributed by atoms with E-state index in [0.29, 0.717) is 36.0 Å². The Morgan fingerprint density at radius 1 is 1.04 bits per heavy atom. The molecule has 0 aromatic heterocycles. The standard InChI is InChI=1S/C19H23NO4/c1-5-20(2)19(21)15-11-16(22-3)18(17(12-15)23-4)24-13-14-9-7-6-8-10-14/h6-12H,5,13H2,1-4H3. The molecule has 1 amide bonds. The summed E-state index contributed by atoms with van der Waals surface area (Å²) in [6.45, 7) is 2.93. The lowest BCUT2D eigenvalue weighted by Gasteiger charge is -2.18. The van der Waals surface area contributed by atoms with Crippen LogP contribution in [0.1, 0.15) is 22.8 Å². The maximum absolute atomic E-state index is 12.4. The highest BCUT2D eigenvalue weighted by molar-refractivity contribution is 5.95. The molecular formula is C19H23NO4. The Balaban J connectivity index is 2.31. The molecule has 0 radical (unpaired) electrons. The van der Waals surface area contributed by atoms with Crippen molar-refractivity contribution in [2.75, 3.05) is 27.8 Å². The summed E-state index contributed by atoms with van der Waals surface area (Å²) in [6.07, 6.45) is 0. The second kappa shape index (κ2) is 8.24. The Morgan fingerprint density at radius 3 is 2.12 bits per heavy atom. The molecule has 128 valence electrons. The van der Waals surface area contributed by atoms with Gasteiger partial charge in [-0.15, -0.1) is 0 Å². The fourth-order valence-corrected chi connectivity index (χ4v) is 2.24. The quantitative estimate of drug-likeness (QED) is 0.781. The average molecular weight is 329 g/mol. The van der Waals surface area contributed by atoms with Gasteiger partial charge in [-0.1, -0.05) is 30.3 Å². The molecule has 0 atom stereocenters. The maximum atomic E-state index is 12.4. The third kappa shape index (κ3) is 3.98. The van der Waals surface area contributed by atoms with E-state index in [1.807, 2.05) is 37.3 Å². The Hall–Kier alpha value is -2.69. The second-order valence-corrected chi connectivity index (χ2v) is 5.30. The van der Waals surface area contributed by atoms with Crippen LogP contribution in [0.15, 0.2) is 42.5 Å². The van der Waals surface area contributed by atoms with E-state index < -0.39 is 0 Å². The number of benzene rings is 2. The van der Waals surface area contributed by atoms with E-state index in [-0.39, 0.29) is 5.91 Å². The van der Waals surface area contributed by atoms with Gasteiger partial charge in [0.25, 0.3) is 5.91 Å². The fraction of sp³-hybridized carbons (Fsp3) is 0.316. The summed E-state index contributed by atoms with van der Waals surface area (Å²) in [4.78, 5) is 14.0. The van der Waals surface area contributed by atoms with E-state index in [9.17, 15) is 4.79 Å². The van der Waals surface area contributed by atoms with Crippen LogP contribution in [0, 0.1) is 0 Å². The largest absolute Gasteiger partial charge is 0.493 e. The van der Waals surface area contributed by atoms with Gasteiger partial charge in [-0.25, -0.2) is 0 Å². The summed E-state index contributed by atoms with van der Waals surface area (Å²) in [5.41, 5.74) is 1.53. The molecule has 0 spiro atoms. The smallest absolute Gasteiger partial charge is 0.253 e. The first-order valence-electron chi connectivity index (χ1n) is 7.78. The Kier molecular flexibility index (Phi) is 6.07. The predicted octanol–water partition coefficient (Wildman–Crippen LogP) is 3.37. The van der Waals surface area contributed by atoms with E-state index >= 15 is 0 Å². The zero-order valence-corrected chi connectivity index (χ0v) is 14.5.